The Bertz CT molecular complexity index is 1090. The summed E-state index contributed by atoms with van der Waals surface area (Å²) in [5.41, 5.74) is 3.71. The van der Waals surface area contributed by atoms with Crippen molar-refractivity contribution in [2.24, 2.45) is 0 Å². The van der Waals surface area contributed by atoms with Crippen molar-refractivity contribution < 1.29 is 19.1 Å². The van der Waals surface area contributed by atoms with Crippen LogP contribution in [0, 0.1) is 0 Å². The third kappa shape index (κ3) is 5.45. The number of ether oxygens (including phenoxy) is 1. The number of anilines is 1. The zero-order valence-electron chi connectivity index (χ0n) is 21.4. The average Bonchev–Trinajstić information content (AvgIpc) is 3.43. The van der Waals surface area contributed by atoms with Crippen molar-refractivity contribution in [1.29, 1.82) is 0 Å². The monoisotopic (exact) mass is 481 g/mol. The van der Waals surface area contributed by atoms with E-state index in [4.69, 9.17) is 4.74 Å². The first-order valence-corrected chi connectivity index (χ1v) is 13.2. The quantitative estimate of drug-likeness (QED) is 0.638. The number of carbonyl (C=O) groups excluding carboxylic acids is 3. The Labute approximate surface area is 208 Å². The number of aromatic nitrogens is 1. The lowest BCUT2D eigenvalue weighted by molar-refractivity contribution is -0.140. The first-order valence-electron chi connectivity index (χ1n) is 13.2. The number of Topliss-reactive ketones (excluding diaryl/α,β-unsaturated/α-hetero) is 2. The number of hydrogen-bond acceptors (Lipinski definition) is 5. The molecule has 1 fully saturated rings. The Balaban J connectivity index is 1.76. The molecule has 1 amide bonds. The molecule has 1 aromatic carbocycles. The van der Waals surface area contributed by atoms with Gasteiger partial charge in [0.1, 0.15) is 12.6 Å². The molecule has 190 valence electrons. The van der Waals surface area contributed by atoms with Gasteiger partial charge in [0.2, 0.25) is 5.91 Å². The van der Waals surface area contributed by atoms with E-state index in [1.165, 1.54) is 12.8 Å². The van der Waals surface area contributed by atoms with E-state index in [0.717, 1.165) is 54.3 Å². The molecule has 1 aromatic heterocycles. The Hall–Kier alpha value is -2.67. The molecule has 7 heteroatoms. The highest BCUT2D eigenvalue weighted by Gasteiger charge is 2.41. The fraction of sp³-hybridized carbons (Fsp3) is 0.607. The van der Waals surface area contributed by atoms with Crippen LogP contribution in [0.3, 0.4) is 0 Å². The fourth-order valence-corrected chi connectivity index (χ4v) is 5.67. The Kier molecular flexibility index (Phi) is 8.26. The highest BCUT2D eigenvalue weighted by atomic mass is 16.5. The van der Waals surface area contributed by atoms with Gasteiger partial charge in [-0.25, -0.2) is 0 Å². The molecule has 0 radical (unpaired) electrons. The number of ketones is 2. The van der Waals surface area contributed by atoms with Gasteiger partial charge in [-0.15, -0.1) is 0 Å². The van der Waals surface area contributed by atoms with E-state index in [9.17, 15) is 14.4 Å². The largest absolute Gasteiger partial charge is 0.388 e. The lowest BCUT2D eigenvalue weighted by Gasteiger charge is -2.27. The number of hydrogen-bond donors (Lipinski definition) is 1. The normalized spacial score (nSPS) is 22.3. The van der Waals surface area contributed by atoms with E-state index in [1.807, 2.05) is 30.8 Å². The van der Waals surface area contributed by atoms with Crippen molar-refractivity contribution in [1.82, 2.24) is 9.47 Å². The SMILES string of the molecule is CCC(=O)[C@@H]1[C@H]2CCN1C(=O)Cn1cc(C(C)=O)c3cc(NC)cc(c31)CCCCCCCCO2. The second-order valence-electron chi connectivity index (χ2n) is 9.93. The van der Waals surface area contributed by atoms with E-state index < -0.39 is 6.04 Å². The van der Waals surface area contributed by atoms with Gasteiger partial charge in [0.25, 0.3) is 0 Å². The number of nitrogens with one attached hydrogen (secondary N) is 1. The molecule has 2 atom stereocenters. The van der Waals surface area contributed by atoms with Crippen molar-refractivity contribution in [2.45, 2.75) is 90.3 Å². The minimum atomic E-state index is -0.521. The van der Waals surface area contributed by atoms with Gasteiger partial charge < -0.3 is 19.5 Å². The summed E-state index contributed by atoms with van der Waals surface area (Å²) in [7, 11) is 1.89. The molecule has 1 N–H and O–H groups in total. The number of nitrogens with zero attached hydrogens (tertiary/aromatic N) is 2. The Morgan fingerprint density at radius 3 is 2.57 bits per heavy atom. The Morgan fingerprint density at radius 2 is 1.86 bits per heavy atom. The maximum absolute atomic E-state index is 13.6. The van der Waals surface area contributed by atoms with Gasteiger partial charge in [0.15, 0.2) is 11.6 Å². The lowest BCUT2D eigenvalue weighted by Crippen LogP contribution is -2.46. The second-order valence-corrected chi connectivity index (χ2v) is 9.93. The van der Waals surface area contributed by atoms with Gasteiger partial charge in [0, 0.05) is 49.5 Å². The maximum Gasteiger partial charge on any atom is 0.243 e. The zero-order chi connectivity index (χ0) is 24.9. The zero-order valence-corrected chi connectivity index (χ0v) is 21.4. The van der Waals surface area contributed by atoms with Crippen LogP contribution in [0.15, 0.2) is 18.3 Å². The van der Waals surface area contributed by atoms with E-state index >= 15 is 0 Å². The van der Waals surface area contributed by atoms with Gasteiger partial charge in [-0.2, -0.15) is 0 Å². The third-order valence-corrected chi connectivity index (χ3v) is 7.54. The van der Waals surface area contributed by atoms with Crippen molar-refractivity contribution in [3.05, 3.63) is 29.5 Å². The number of carbonyl (C=O) groups is 3. The number of aryl methyl sites for hydroxylation is 1. The maximum atomic E-state index is 13.6. The second kappa shape index (κ2) is 11.4. The summed E-state index contributed by atoms with van der Waals surface area (Å²) in [5, 5.41) is 4.11. The summed E-state index contributed by atoms with van der Waals surface area (Å²) in [6, 6.07) is 3.62. The predicted octanol–water partition coefficient (Wildman–Crippen LogP) is 4.75. The molecule has 2 aliphatic rings. The first-order chi connectivity index (χ1) is 16.9. The molecular formula is C28H39N3O4. The average molecular weight is 482 g/mol. The molecule has 0 aliphatic carbocycles. The summed E-state index contributed by atoms with van der Waals surface area (Å²) in [5.74, 6) is -0.0565. The molecule has 1 saturated heterocycles. The minimum absolute atomic E-state index is 0.0174. The molecule has 2 bridgehead atoms. The molecule has 0 spiro atoms. The van der Waals surface area contributed by atoms with Gasteiger partial charge >= 0.3 is 0 Å². The van der Waals surface area contributed by atoms with Crippen LogP contribution < -0.4 is 5.32 Å². The standard InChI is InChI=1S/C28H39N3O4/c1-4-24(33)28-25-12-13-31(28)26(34)18-30-17-23(19(2)32)22-16-21(29-3)15-20(27(22)30)11-9-7-5-6-8-10-14-35-25/h15-17,25,28-29H,4-14,18H2,1-3H3/t25-,28-/m1/s1. The number of benzene rings is 1. The number of rotatable bonds is 4. The molecule has 3 heterocycles. The topological polar surface area (TPSA) is 80.6 Å². The molecule has 2 aliphatic heterocycles. The van der Waals surface area contributed by atoms with Crippen LogP contribution in [0.25, 0.3) is 10.9 Å². The third-order valence-electron chi connectivity index (χ3n) is 7.54. The van der Waals surface area contributed by atoms with Crippen molar-refractivity contribution >= 4 is 34.1 Å². The smallest absolute Gasteiger partial charge is 0.243 e. The summed E-state index contributed by atoms with van der Waals surface area (Å²) >= 11 is 0. The number of fused-ring (bicyclic) bond motifs is 2. The van der Waals surface area contributed by atoms with Crippen LogP contribution in [0.1, 0.15) is 81.1 Å². The van der Waals surface area contributed by atoms with E-state index in [-0.39, 0.29) is 30.1 Å². The van der Waals surface area contributed by atoms with Crippen molar-refractivity contribution in [3.63, 3.8) is 0 Å². The van der Waals surface area contributed by atoms with Crippen LogP contribution in [-0.2, 0) is 27.3 Å². The fourth-order valence-electron chi connectivity index (χ4n) is 5.67. The summed E-state index contributed by atoms with van der Waals surface area (Å²) in [4.78, 5) is 40.7. The molecule has 0 unspecified atom stereocenters. The minimum Gasteiger partial charge on any atom is -0.388 e. The van der Waals surface area contributed by atoms with Crippen LogP contribution in [0.5, 0.6) is 0 Å². The van der Waals surface area contributed by atoms with Gasteiger partial charge in [-0.1, -0.05) is 32.6 Å². The Morgan fingerprint density at radius 1 is 1.11 bits per heavy atom. The molecular weight excluding hydrogens is 442 g/mol. The van der Waals surface area contributed by atoms with Gasteiger partial charge in [0.05, 0.1) is 11.6 Å². The summed E-state index contributed by atoms with van der Waals surface area (Å²) in [6.45, 7) is 4.69. The van der Waals surface area contributed by atoms with Crippen LogP contribution >= 0.6 is 0 Å². The van der Waals surface area contributed by atoms with Crippen LogP contribution in [0.2, 0.25) is 0 Å². The molecule has 2 aromatic rings. The molecule has 0 saturated carbocycles. The summed E-state index contributed by atoms with van der Waals surface area (Å²) in [6.07, 6.45) is 10.2. The predicted molar refractivity (Wildman–Crippen MR) is 138 cm³/mol. The summed E-state index contributed by atoms with van der Waals surface area (Å²) < 4.78 is 8.08. The molecule has 7 nitrogen and oxygen atoms in total. The molecule has 4 rings (SSSR count). The highest BCUT2D eigenvalue weighted by molar-refractivity contribution is 6.08. The van der Waals surface area contributed by atoms with Gasteiger partial charge in [-0.3, -0.25) is 14.4 Å². The lowest BCUT2D eigenvalue weighted by atomic mass is 10.00. The van der Waals surface area contributed by atoms with Crippen molar-refractivity contribution in [3.8, 4) is 0 Å². The van der Waals surface area contributed by atoms with Crippen LogP contribution in [-0.4, -0.2) is 59.3 Å². The van der Waals surface area contributed by atoms with E-state index in [0.29, 0.717) is 31.6 Å². The molecule has 35 heavy (non-hydrogen) atoms. The first kappa shape index (κ1) is 25.4. The van der Waals surface area contributed by atoms with Crippen molar-refractivity contribution in [2.75, 3.05) is 25.5 Å². The van der Waals surface area contributed by atoms with E-state index in [2.05, 4.69) is 11.4 Å². The van der Waals surface area contributed by atoms with Crippen LogP contribution in [0.4, 0.5) is 5.69 Å². The number of amides is 1. The van der Waals surface area contributed by atoms with E-state index in [1.54, 1.807) is 11.8 Å². The highest BCUT2D eigenvalue weighted by Crippen LogP contribution is 2.32. The van der Waals surface area contributed by atoms with Gasteiger partial charge in [-0.05, 0) is 50.3 Å².